The fourth-order valence-corrected chi connectivity index (χ4v) is 2.30. The maximum absolute atomic E-state index is 11.8. The molecule has 0 saturated heterocycles. The molecule has 0 atom stereocenters. The van der Waals surface area contributed by atoms with Crippen LogP contribution in [0.5, 0.6) is 0 Å². The summed E-state index contributed by atoms with van der Waals surface area (Å²) in [6.07, 6.45) is 0. The lowest BCUT2D eigenvalue weighted by Gasteiger charge is -2.10. The maximum Gasteiger partial charge on any atom is 0.243 e. The number of benzene rings is 1. The minimum absolute atomic E-state index is 0.00796. The molecule has 0 bridgehead atoms. The first kappa shape index (κ1) is 13.4. The Bertz CT molecular complexity index is 501. The Morgan fingerprint density at radius 3 is 2.59 bits per heavy atom. The Morgan fingerprint density at radius 2 is 2.00 bits per heavy atom. The van der Waals surface area contributed by atoms with E-state index < -0.39 is 15.9 Å². The number of anilines is 1. The summed E-state index contributed by atoms with van der Waals surface area (Å²) in [5.74, 6) is 4.78. The number of hydrazine groups is 1. The van der Waals surface area contributed by atoms with Crippen LogP contribution in [0.2, 0.25) is 0 Å². The molecule has 0 spiro atoms. The van der Waals surface area contributed by atoms with Gasteiger partial charge in [0, 0.05) is 7.05 Å². The smallest absolute Gasteiger partial charge is 0.243 e. The zero-order valence-electron chi connectivity index (χ0n) is 9.23. The third kappa shape index (κ3) is 3.41. The van der Waals surface area contributed by atoms with Crippen molar-refractivity contribution in [2.75, 3.05) is 19.0 Å². The van der Waals surface area contributed by atoms with Crippen molar-refractivity contribution in [3.8, 4) is 0 Å². The number of hydrogen-bond donors (Lipinski definition) is 4. The summed E-state index contributed by atoms with van der Waals surface area (Å²) in [6.45, 7) is -0.322. The molecular formula is C9H14N4O3S. The summed E-state index contributed by atoms with van der Waals surface area (Å²) in [6, 6.07) is 6.12. The van der Waals surface area contributed by atoms with Gasteiger partial charge in [-0.2, -0.15) is 0 Å². The van der Waals surface area contributed by atoms with Gasteiger partial charge in [0.15, 0.2) is 0 Å². The van der Waals surface area contributed by atoms with Crippen LogP contribution in [0.25, 0.3) is 0 Å². The van der Waals surface area contributed by atoms with E-state index in [2.05, 4.69) is 15.5 Å². The lowest BCUT2D eigenvalue weighted by atomic mass is 10.3. The van der Waals surface area contributed by atoms with E-state index in [0.29, 0.717) is 0 Å². The lowest BCUT2D eigenvalue weighted by Crippen LogP contribution is -2.35. The highest BCUT2D eigenvalue weighted by molar-refractivity contribution is 7.89. The van der Waals surface area contributed by atoms with Crippen molar-refractivity contribution in [3.63, 3.8) is 0 Å². The first-order valence-corrected chi connectivity index (χ1v) is 6.25. The number of carbonyl (C=O) groups excluding carboxylic acids is 1. The number of para-hydroxylation sites is 1. The van der Waals surface area contributed by atoms with Crippen LogP contribution < -0.4 is 21.3 Å². The van der Waals surface area contributed by atoms with Crippen molar-refractivity contribution < 1.29 is 13.2 Å². The van der Waals surface area contributed by atoms with Crippen LogP contribution >= 0.6 is 0 Å². The molecule has 0 aromatic heterocycles. The summed E-state index contributed by atoms with van der Waals surface area (Å²) < 4.78 is 25.9. The Balaban J connectivity index is 2.93. The molecule has 5 N–H and O–H groups in total. The van der Waals surface area contributed by atoms with Crippen LogP contribution in [0.15, 0.2) is 29.2 Å². The van der Waals surface area contributed by atoms with Crippen molar-refractivity contribution in [3.05, 3.63) is 24.3 Å². The molecule has 1 aromatic carbocycles. The number of nitrogen functional groups attached to an aromatic ring is 1. The van der Waals surface area contributed by atoms with Gasteiger partial charge in [-0.05, 0) is 12.1 Å². The van der Waals surface area contributed by atoms with Crippen molar-refractivity contribution in [1.82, 2.24) is 10.0 Å². The van der Waals surface area contributed by atoms with Crippen LogP contribution in [-0.2, 0) is 14.8 Å². The van der Waals surface area contributed by atoms with Gasteiger partial charge in [0.05, 0.1) is 12.2 Å². The fourth-order valence-electron chi connectivity index (χ4n) is 1.15. The normalized spacial score (nSPS) is 10.9. The Hall–Kier alpha value is -1.64. The number of likely N-dealkylation sites (N-methyl/N-ethyl adjacent to an activating group) is 1. The van der Waals surface area contributed by atoms with E-state index >= 15 is 0 Å². The van der Waals surface area contributed by atoms with Crippen LogP contribution in [0.1, 0.15) is 0 Å². The highest BCUT2D eigenvalue weighted by atomic mass is 32.2. The van der Waals surface area contributed by atoms with E-state index in [1.807, 2.05) is 0 Å². The number of nitrogens with one attached hydrogen (secondary N) is 3. The highest BCUT2D eigenvalue weighted by Gasteiger charge is 2.18. The monoisotopic (exact) mass is 258 g/mol. The average Bonchev–Trinajstić information content (AvgIpc) is 2.35. The third-order valence-electron chi connectivity index (χ3n) is 2.03. The van der Waals surface area contributed by atoms with E-state index in [1.165, 1.54) is 19.2 Å². The second-order valence-electron chi connectivity index (χ2n) is 3.14. The fraction of sp³-hybridized carbons (Fsp3) is 0.222. The number of carbonyl (C=O) groups is 1. The Kier molecular flexibility index (Phi) is 4.44. The quantitative estimate of drug-likeness (QED) is 0.399. The van der Waals surface area contributed by atoms with Gasteiger partial charge in [0.2, 0.25) is 15.9 Å². The zero-order valence-corrected chi connectivity index (χ0v) is 10.0. The first-order chi connectivity index (χ1) is 8.01. The third-order valence-corrected chi connectivity index (χ3v) is 3.49. The van der Waals surface area contributed by atoms with E-state index in [4.69, 9.17) is 5.84 Å². The lowest BCUT2D eigenvalue weighted by molar-refractivity contribution is -0.119. The molecule has 0 heterocycles. The van der Waals surface area contributed by atoms with Gasteiger partial charge in [0.1, 0.15) is 4.90 Å². The molecular weight excluding hydrogens is 244 g/mol. The standard InChI is InChI=1S/C9H14N4O3S/c1-11-9(14)6-12-17(15,16)8-5-3-2-4-7(8)13-10/h2-5,12-13H,6,10H2,1H3,(H,11,14). The second-order valence-corrected chi connectivity index (χ2v) is 4.87. The molecule has 0 unspecified atom stereocenters. The van der Waals surface area contributed by atoms with E-state index in [-0.39, 0.29) is 17.1 Å². The molecule has 0 aliphatic carbocycles. The first-order valence-electron chi connectivity index (χ1n) is 4.77. The average molecular weight is 258 g/mol. The van der Waals surface area contributed by atoms with Crippen LogP contribution in [0.4, 0.5) is 5.69 Å². The predicted octanol–water partition coefficient (Wildman–Crippen LogP) is -1.00. The van der Waals surface area contributed by atoms with E-state index in [9.17, 15) is 13.2 Å². The van der Waals surface area contributed by atoms with Crippen LogP contribution in [0, 0.1) is 0 Å². The zero-order chi connectivity index (χ0) is 12.9. The molecule has 17 heavy (non-hydrogen) atoms. The molecule has 0 aliphatic rings. The topological polar surface area (TPSA) is 113 Å². The molecule has 0 radical (unpaired) electrons. The van der Waals surface area contributed by atoms with Gasteiger partial charge in [-0.3, -0.25) is 10.6 Å². The van der Waals surface area contributed by atoms with Crippen molar-refractivity contribution >= 4 is 21.6 Å². The van der Waals surface area contributed by atoms with Gasteiger partial charge in [0.25, 0.3) is 0 Å². The molecule has 0 saturated carbocycles. The Labute approximate surface area is 99.4 Å². The minimum atomic E-state index is -3.76. The molecule has 1 amide bonds. The highest BCUT2D eigenvalue weighted by Crippen LogP contribution is 2.18. The SMILES string of the molecule is CNC(=O)CNS(=O)(=O)c1ccccc1NN. The van der Waals surface area contributed by atoms with Gasteiger partial charge < -0.3 is 10.7 Å². The van der Waals surface area contributed by atoms with Gasteiger partial charge in [-0.15, -0.1) is 0 Å². The molecule has 0 aliphatic heterocycles. The maximum atomic E-state index is 11.8. The summed E-state index contributed by atoms with van der Waals surface area (Å²) in [4.78, 5) is 11.0. The molecule has 0 fully saturated rings. The Morgan fingerprint density at radius 1 is 1.35 bits per heavy atom. The number of nitrogens with two attached hydrogens (primary N) is 1. The van der Waals surface area contributed by atoms with Crippen molar-refractivity contribution in [2.24, 2.45) is 5.84 Å². The summed E-state index contributed by atoms with van der Waals surface area (Å²) in [5, 5.41) is 2.31. The summed E-state index contributed by atoms with van der Waals surface area (Å²) in [7, 11) is -2.34. The van der Waals surface area contributed by atoms with Crippen LogP contribution in [0.3, 0.4) is 0 Å². The minimum Gasteiger partial charge on any atom is -0.358 e. The summed E-state index contributed by atoms with van der Waals surface area (Å²) in [5.41, 5.74) is 2.54. The second kappa shape index (κ2) is 5.62. The number of hydrogen-bond acceptors (Lipinski definition) is 5. The molecule has 7 nitrogen and oxygen atoms in total. The van der Waals surface area contributed by atoms with Gasteiger partial charge in [-0.1, -0.05) is 12.1 Å². The number of amides is 1. The predicted molar refractivity (Wildman–Crippen MR) is 63.5 cm³/mol. The van der Waals surface area contributed by atoms with E-state index in [0.717, 1.165) is 0 Å². The molecule has 94 valence electrons. The van der Waals surface area contributed by atoms with Gasteiger partial charge in [-0.25, -0.2) is 13.1 Å². The van der Waals surface area contributed by atoms with Crippen LogP contribution in [-0.4, -0.2) is 27.9 Å². The number of sulfonamides is 1. The van der Waals surface area contributed by atoms with E-state index in [1.54, 1.807) is 12.1 Å². The molecule has 8 heteroatoms. The van der Waals surface area contributed by atoms with Crippen molar-refractivity contribution in [2.45, 2.75) is 4.90 Å². The molecule has 1 aromatic rings. The number of rotatable bonds is 5. The largest absolute Gasteiger partial charge is 0.358 e. The van der Waals surface area contributed by atoms with Gasteiger partial charge >= 0.3 is 0 Å². The van der Waals surface area contributed by atoms with Crippen molar-refractivity contribution in [1.29, 1.82) is 0 Å². The summed E-state index contributed by atoms with van der Waals surface area (Å²) >= 11 is 0. The molecule has 1 rings (SSSR count).